The molecule has 2 rings (SSSR count). The molecule has 1 unspecified atom stereocenters. The van der Waals surface area contributed by atoms with Gasteiger partial charge in [0.15, 0.2) is 0 Å². The van der Waals surface area contributed by atoms with E-state index in [1.807, 2.05) is 0 Å². The van der Waals surface area contributed by atoms with Gasteiger partial charge in [0, 0.05) is 12.6 Å². The first-order valence-corrected chi connectivity index (χ1v) is 6.92. The quantitative estimate of drug-likeness (QED) is 0.848. The van der Waals surface area contributed by atoms with Crippen molar-refractivity contribution < 1.29 is 0 Å². The van der Waals surface area contributed by atoms with Crippen LogP contribution < -0.4 is 5.32 Å². The lowest BCUT2D eigenvalue weighted by Crippen LogP contribution is -2.18. The molecule has 0 fully saturated rings. The minimum Gasteiger partial charge on any atom is -0.306 e. The van der Waals surface area contributed by atoms with Crippen molar-refractivity contribution in [1.82, 2.24) is 5.32 Å². The molecule has 1 heteroatoms. The largest absolute Gasteiger partial charge is 0.306 e. The number of aryl methyl sites for hydroxylation is 3. The van der Waals surface area contributed by atoms with Crippen molar-refractivity contribution in [2.45, 2.75) is 40.3 Å². The van der Waals surface area contributed by atoms with Crippen molar-refractivity contribution in [2.75, 3.05) is 0 Å². The molecule has 100 valence electrons. The van der Waals surface area contributed by atoms with Crippen molar-refractivity contribution in [1.29, 1.82) is 0 Å². The van der Waals surface area contributed by atoms with Crippen LogP contribution in [-0.4, -0.2) is 0 Å². The van der Waals surface area contributed by atoms with E-state index < -0.39 is 0 Å². The van der Waals surface area contributed by atoms with Crippen molar-refractivity contribution in [3.63, 3.8) is 0 Å². The zero-order valence-corrected chi connectivity index (χ0v) is 12.3. The molecule has 1 N–H and O–H groups in total. The van der Waals surface area contributed by atoms with Crippen LogP contribution in [0.1, 0.15) is 40.8 Å². The summed E-state index contributed by atoms with van der Waals surface area (Å²) in [5.74, 6) is 0. The Morgan fingerprint density at radius 2 is 1.58 bits per heavy atom. The summed E-state index contributed by atoms with van der Waals surface area (Å²) in [6.07, 6.45) is 0. The zero-order valence-electron chi connectivity index (χ0n) is 12.3. The van der Waals surface area contributed by atoms with E-state index in [0.717, 1.165) is 6.54 Å². The maximum atomic E-state index is 3.60. The SMILES string of the molecule is Cc1cccc(CNC(C)c2cc(C)cc(C)c2)c1. The summed E-state index contributed by atoms with van der Waals surface area (Å²) in [4.78, 5) is 0. The molecule has 2 aromatic carbocycles. The first-order chi connectivity index (χ1) is 9.04. The van der Waals surface area contributed by atoms with Crippen LogP contribution in [0.25, 0.3) is 0 Å². The van der Waals surface area contributed by atoms with Gasteiger partial charge in [-0.05, 0) is 38.8 Å². The van der Waals surface area contributed by atoms with Gasteiger partial charge in [0.05, 0.1) is 0 Å². The standard InChI is InChI=1S/C18H23N/c1-13-6-5-7-17(9-13)12-19-16(4)18-10-14(2)8-15(3)11-18/h5-11,16,19H,12H2,1-4H3. The average molecular weight is 253 g/mol. The predicted octanol–water partition coefficient (Wildman–Crippen LogP) is 4.46. The molecule has 0 saturated heterocycles. The Bertz CT molecular complexity index is 537. The topological polar surface area (TPSA) is 12.0 Å². The average Bonchev–Trinajstić information content (AvgIpc) is 2.35. The zero-order chi connectivity index (χ0) is 13.8. The number of benzene rings is 2. The van der Waals surface area contributed by atoms with Crippen molar-refractivity contribution in [3.05, 3.63) is 70.3 Å². The first-order valence-electron chi connectivity index (χ1n) is 6.92. The second kappa shape index (κ2) is 6.03. The summed E-state index contributed by atoms with van der Waals surface area (Å²) < 4.78 is 0. The highest BCUT2D eigenvalue weighted by Gasteiger charge is 2.06. The van der Waals surface area contributed by atoms with Crippen LogP contribution >= 0.6 is 0 Å². The number of rotatable bonds is 4. The molecule has 0 aliphatic rings. The van der Waals surface area contributed by atoms with Gasteiger partial charge >= 0.3 is 0 Å². The fourth-order valence-corrected chi connectivity index (χ4v) is 2.47. The Balaban J connectivity index is 2.03. The summed E-state index contributed by atoms with van der Waals surface area (Å²) in [5, 5.41) is 3.60. The maximum absolute atomic E-state index is 3.60. The summed E-state index contributed by atoms with van der Waals surface area (Å²) in [6, 6.07) is 15.8. The van der Waals surface area contributed by atoms with E-state index in [1.54, 1.807) is 0 Å². The van der Waals surface area contributed by atoms with E-state index in [0.29, 0.717) is 6.04 Å². The van der Waals surface area contributed by atoms with Gasteiger partial charge in [-0.3, -0.25) is 0 Å². The summed E-state index contributed by atoms with van der Waals surface area (Å²) in [7, 11) is 0. The second-order valence-corrected chi connectivity index (χ2v) is 5.51. The van der Waals surface area contributed by atoms with Crippen LogP contribution in [0.5, 0.6) is 0 Å². The summed E-state index contributed by atoms with van der Waals surface area (Å²) in [6.45, 7) is 9.59. The van der Waals surface area contributed by atoms with Crippen molar-refractivity contribution >= 4 is 0 Å². The van der Waals surface area contributed by atoms with Gasteiger partial charge in [-0.15, -0.1) is 0 Å². The summed E-state index contributed by atoms with van der Waals surface area (Å²) in [5.41, 5.74) is 6.69. The third kappa shape index (κ3) is 3.93. The molecule has 1 nitrogen and oxygen atoms in total. The van der Waals surface area contributed by atoms with Crippen LogP contribution in [-0.2, 0) is 6.54 Å². The molecule has 1 atom stereocenters. The molecule has 0 saturated carbocycles. The Kier molecular flexibility index (Phi) is 4.39. The number of nitrogens with one attached hydrogen (secondary N) is 1. The fourth-order valence-electron chi connectivity index (χ4n) is 2.47. The molecule has 0 heterocycles. The van der Waals surface area contributed by atoms with Gasteiger partial charge < -0.3 is 5.32 Å². The highest BCUT2D eigenvalue weighted by molar-refractivity contribution is 5.30. The third-order valence-corrected chi connectivity index (χ3v) is 3.44. The molecule has 0 amide bonds. The molecule has 2 aromatic rings. The molecular formula is C18H23N. The van der Waals surface area contributed by atoms with E-state index >= 15 is 0 Å². The number of hydrogen-bond donors (Lipinski definition) is 1. The lowest BCUT2D eigenvalue weighted by atomic mass is 10.0. The molecule has 0 aromatic heterocycles. The van der Waals surface area contributed by atoms with Gasteiger partial charge in [-0.25, -0.2) is 0 Å². The van der Waals surface area contributed by atoms with Crippen LogP contribution in [0.3, 0.4) is 0 Å². The maximum Gasteiger partial charge on any atom is 0.0295 e. The predicted molar refractivity (Wildman–Crippen MR) is 82.3 cm³/mol. The highest BCUT2D eigenvalue weighted by atomic mass is 14.9. The summed E-state index contributed by atoms with van der Waals surface area (Å²) >= 11 is 0. The molecule has 0 aliphatic heterocycles. The van der Waals surface area contributed by atoms with E-state index in [2.05, 4.69) is 75.5 Å². The first kappa shape index (κ1) is 13.8. The molecule has 0 bridgehead atoms. The Labute approximate surface area is 116 Å². The van der Waals surface area contributed by atoms with Gasteiger partial charge in [0.1, 0.15) is 0 Å². The number of hydrogen-bond acceptors (Lipinski definition) is 1. The van der Waals surface area contributed by atoms with Crippen LogP contribution in [0, 0.1) is 20.8 Å². The molecule has 0 spiro atoms. The van der Waals surface area contributed by atoms with Gasteiger partial charge in [0.2, 0.25) is 0 Å². The molecule has 19 heavy (non-hydrogen) atoms. The van der Waals surface area contributed by atoms with Crippen LogP contribution in [0.2, 0.25) is 0 Å². The molecule has 0 aliphatic carbocycles. The van der Waals surface area contributed by atoms with Crippen molar-refractivity contribution in [2.24, 2.45) is 0 Å². The third-order valence-electron chi connectivity index (χ3n) is 3.44. The molecular weight excluding hydrogens is 230 g/mol. The van der Waals surface area contributed by atoms with Crippen molar-refractivity contribution in [3.8, 4) is 0 Å². The normalized spacial score (nSPS) is 12.4. The highest BCUT2D eigenvalue weighted by Crippen LogP contribution is 2.17. The minimum absolute atomic E-state index is 0.374. The van der Waals surface area contributed by atoms with Gasteiger partial charge in [-0.2, -0.15) is 0 Å². The second-order valence-electron chi connectivity index (χ2n) is 5.51. The van der Waals surface area contributed by atoms with E-state index in [4.69, 9.17) is 0 Å². The van der Waals surface area contributed by atoms with Crippen LogP contribution in [0.4, 0.5) is 0 Å². The van der Waals surface area contributed by atoms with Gasteiger partial charge in [-0.1, -0.05) is 59.2 Å². The molecule has 0 radical (unpaired) electrons. The van der Waals surface area contributed by atoms with E-state index in [9.17, 15) is 0 Å². The Hall–Kier alpha value is -1.60. The lowest BCUT2D eigenvalue weighted by Gasteiger charge is -2.16. The van der Waals surface area contributed by atoms with Gasteiger partial charge in [0.25, 0.3) is 0 Å². The fraction of sp³-hybridized carbons (Fsp3) is 0.333. The Morgan fingerprint density at radius 3 is 2.21 bits per heavy atom. The van der Waals surface area contributed by atoms with E-state index in [-0.39, 0.29) is 0 Å². The Morgan fingerprint density at radius 1 is 0.895 bits per heavy atom. The van der Waals surface area contributed by atoms with Crippen LogP contribution in [0.15, 0.2) is 42.5 Å². The minimum atomic E-state index is 0.374. The lowest BCUT2D eigenvalue weighted by molar-refractivity contribution is 0.574. The monoisotopic (exact) mass is 253 g/mol. The van der Waals surface area contributed by atoms with E-state index in [1.165, 1.54) is 27.8 Å². The smallest absolute Gasteiger partial charge is 0.0295 e.